The number of ether oxygens (including phenoxy) is 1. The van der Waals surface area contributed by atoms with Crippen molar-refractivity contribution < 1.29 is 17.5 Å². The Kier molecular flexibility index (Phi) is 5.29. The van der Waals surface area contributed by atoms with Gasteiger partial charge >= 0.3 is 0 Å². The predicted octanol–water partition coefficient (Wildman–Crippen LogP) is 3.70. The van der Waals surface area contributed by atoms with Crippen LogP contribution in [0.15, 0.2) is 35.2 Å². The van der Waals surface area contributed by atoms with Gasteiger partial charge in [-0.05, 0) is 38.2 Å². The van der Waals surface area contributed by atoms with Crippen molar-refractivity contribution in [2.45, 2.75) is 18.4 Å². The van der Waals surface area contributed by atoms with Crippen molar-refractivity contribution in [3.05, 3.63) is 52.3 Å². The summed E-state index contributed by atoms with van der Waals surface area (Å²) in [4.78, 5) is 0.110. The predicted molar refractivity (Wildman–Crippen MR) is 88.5 cm³/mol. The van der Waals surface area contributed by atoms with Crippen LogP contribution in [0.4, 0.5) is 4.39 Å². The lowest BCUT2D eigenvalue weighted by molar-refractivity contribution is 0.433. The molecule has 1 N–H and O–H groups in total. The molecule has 0 amide bonds. The van der Waals surface area contributed by atoms with Gasteiger partial charge in [0.05, 0.1) is 4.90 Å². The molecular weight excluding hydrogens is 341 g/mol. The standard InChI is InChI=1S/C16H17ClFNO3S/c1-10-13(17)6-7-14(16(10)18)22-15-8-12(23(3,20)21)5-4-11(15)9-19-2/h4-8,19H,9H2,1-3H3. The lowest BCUT2D eigenvalue weighted by atomic mass is 10.2. The van der Waals surface area contributed by atoms with Gasteiger partial charge in [0, 0.05) is 29.0 Å². The van der Waals surface area contributed by atoms with Crippen molar-refractivity contribution in [2.24, 2.45) is 0 Å². The number of benzene rings is 2. The van der Waals surface area contributed by atoms with E-state index in [2.05, 4.69) is 5.32 Å². The van der Waals surface area contributed by atoms with Gasteiger partial charge in [-0.25, -0.2) is 12.8 Å². The Hall–Kier alpha value is -1.63. The fraction of sp³-hybridized carbons (Fsp3) is 0.250. The number of halogens is 2. The number of hydrogen-bond acceptors (Lipinski definition) is 4. The molecule has 2 aromatic rings. The van der Waals surface area contributed by atoms with E-state index in [0.717, 1.165) is 6.26 Å². The van der Waals surface area contributed by atoms with Crippen molar-refractivity contribution in [3.63, 3.8) is 0 Å². The zero-order valence-electron chi connectivity index (χ0n) is 13.0. The van der Waals surface area contributed by atoms with Gasteiger partial charge in [-0.15, -0.1) is 0 Å². The van der Waals surface area contributed by atoms with Crippen molar-refractivity contribution in [1.82, 2.24) is 5.32 Å². The Balaban J connectivity index is 2.51. The van der Waals surface area contributed by atoms with Gasteiger partial charge in [0.2, 0.25) is 0 Å². The largest absolute Gasteiger partial charge is 0.454 e. The van der Waals surface area contributed by atoms with Gasteiger partial charge in [-0.1, -0.05) is 17.7 Å². The molecule has 2 rings (SSSR count). The summed E-state index contributed by atoms with van der Waals surface area (Å²) in [7, 11) is -1.64. The van der Waals surface area contributed by atoms with E-state index < -0.39 is 15.7 Å². The van der Waals surface area contributed by atoms with E-state index in [1.54, 1.807) is 20.0 Å². The first-order valence-electron chi connectivity index (χ1n) is 6.84. The molecule has 0 heterocycles. The average Bonchev–Trinajstić information content (AvgIpc) is 2.48. The topological polar surface area (TPSA) is 55.4 Å². The van der Waals surface area contributed by atoms with Crippen molar-refractivity contribution in [3.8, 4) is 11.5 Å². The first kappa shape index (κ1) is 17.7. The summed E-state index contributed by atoms with van der Waals surface area (Å²) in [6.07, 6.45) is 1.11. The van der Waals surface area contributed by atoms with Crippen LogP contribution in [-0.4, -0.2) is 21.7 Å². The van der Waals surface area contributed by atoms with Gasteiger partial charge in [-0.2, -0.15) is 0 Å². The lowest BCUT2D eigenvalue weighted by Gasteiger charge is -2.14. The average molecular weight is 358 g/mol. The second-order valence-corrected chi connectivity index (χ2v) is 7.58. The lowest BCUT2D eigenvalue weighted by Crippen LogP contribution is -2.08. The van der Waals surface area contributed by atoms with Gasteiger partial charge in [-0.3, -0.25) is 0 Å². The zero-order valence-corrected chi connectivity index (χ0v) is 14.6. The van der Waals surface area contributed by atoms with Crippen molar-refractivity contribution in [1.29, 1.82) is 0 Å². The van der Waals surface area contributed by atoms with Gasteiger partial charge in [0.15, 0.2) is 21.4 Å². The van der Waals surface area contributed by atoms with Crippen molar-refractivity contribution in [2.75, 3.05) is 13.3 Å². The van der Waals surface area contributed by atoms with Gasteiger partial charge in [0.1, 0.15) is 5.75 Å². The Morgan fingerprint density at radius 2 is 1.91 bits per heavy atom. The second kappa shape index (κ2) is 6.86. The molecule has 0 bridgehead atoms. The fourth-order valence-electron chi connectivity index (χ4n) is 2.03. The third kappa shape index (κ3) is 4.02. The normalized spacial score (nSPS) is 11.5. The Morgan fingerprint density at radius 1 is 1.22 bits per heavy atom. The van der Waals surface area contributed by atoms with Crippen LogP contribution < -0.4 is 10.1 Å². The number of rotatable bonds is 5. The maximum atomic E-state index is 14.3. The summed E-state index contributed by atoms with van der Waals surface area (Å²) in [6.45, 7) is 2.00. The molecule has 124 valence electrons. The van der Waals surface area contributed by atoms with Crippen LogP contribution in [0.2, 0.25) is 5.02 Å². The van der Waals surface area contributed by atoms with E-state index in [9.17, 15) is 12.8 Å². The summed E-state index contributed by atoms with van der Waals surface area (Å²) in [5, 5.41) is 3.26. The highest BCUT2D eigenvalue weighted by Gasteiger charge is 2.15. The number of nitrogens with one attached hydrogen (secondary N) is 1. The maximum absolute atomic E-state index is 14.3. The van der Waals surface area contributed by atoms with Crippen LogP contribution in [0, 0.1) is 12.7 Å². The monoisotopic (exact) mass is 357 g/mol. The molecule has 23 heavy (non-hydrogen) atoms. The summed E-state index contributed by atoms with van der Waals surface area (Å²) < 4.78 is 43.3. The Morgan fingerprint density at radius 3 is 2.52 bits per heavy atom. The van der Waals surface area contributed by atoms with Crippen LogP contribution in [0.25, 0.3) is 0 Å². The number of hydrogen-bond donors (Lipinski definition) is 1. The highest BCUT2D eigenvalue weighted by atomic mass is 35.5. The molecule has 0 aliphatic carbocycles. The van der Waals surface area contributed by atoms with Crippen LogP contribution in [-0.2, 0) is 16.4 Å². The molecule has 0 atom stereocenters. The molecule has 0 saturated heterocycles. The molecule has 0 fully saturated rings. The molecular formula is C16H17ClFNO3S. The highest BCUT2D eigenvalue weighted by Crippen LogP contribution is 2.33. The Bertz CT molecular complexity index is 837. The van der Waals surface area contributed by atoms with E-state index in [1.165, 1.54) is 24.3 Å². The third-order valence-electron chi connectivity index (χ3n) is 3.34. The van der Waals surface area contributed by atoms with Crippen LogP contribution in [0.3, 0.4) is 0 Å². The van der Waals surface area contributed by atoms with E-state index >= 15 is 0 Å². The highest BCUT2D eigenvalue weighted by molar-refractivity contribution is 7.90. The minimum absolute atomic E-state index is 0.00472. The van der Waals surface area contributed by atoms with Crippen LogP contribution in [0.1, 0.15) is 11.1 Å². The van der Waals surface area contributed by atoms with E-state index in [1.807, 2.05) is 0 Å². The number of sulfone groups is 1. The summed E-state index contributed by atoms with van der Waals surface area (Å²) >= 11 is 5.87. The first-order valence-corrected chi connectivity index (χ1v) is 9.11. The summed E-state index contributed by atoms with van der Waals surface area (Å²) in [5.41, 5.74) is 0.991. The fourth-order valence-corrected chi connectivity index (χ4v) is 2.81. The SMILES string of the molecule is CNCc1ccc(S(C)(=O)=O)cc1Oc1ccc(Cl)c(C)c1F. The molecule has 0 unspecified atom stereocenters. The van der Waals surface area contributed by atoms with Crippen molar-refractivity contribution >= 4 is 21.4 Å². The molecule has 0 aromatic heterocycles. The van der Waals surface area contributed by atoms with Gasteiger partial charge < -0.3 is 10.1 Å². The molecule has 0 saturated carbocycles. The van der Waals surface area contributed by atoms with Crippen LogP contribution >= 0.6 is 11.6 Å². The molecule has 7 heteroatoms. The second-order valence-electron chi connectivity index (χ2n) is 5.16. The summed E-state index contributed by atoms with van der Waals surface area (Å²) in [5.74, 6) is -0.296. The summed E-state index contributed by atoms with van der Waals surface area (Å²) in [6, 6.07) is 7.49. The minimum atomic E-state index is -3.39. The molecule has 0 radical (unpaired) electrons. The zero-order chi connectivity index (χ0) is 17.2. The van der Waals surface area contributed by atoms with E-state index in [0.29, 0.717) is 17.1 Å². The molecule has 0 aliphatic heterocycles. The van der Waals surface area contributed by atoms with E-state index in [-0.39, 0.29) is 22.0 Å². The van der Waals surface area contributed by atoms with E-state index in [4.69, 9.17) is 16.3 Å². The maximum Gasteiger partial charge on any atom is 0.175 e. The quantitative estimate of drug-likeness (QED) is 0.886. The first-order chi connectivity index (χ1) is 10.7. The van der Waals surface area contributed by atoms with Gasteiger partial charge in [0.25, 0.3) is 0 Å². The minimum Gasteiger partial charge on any atom is -0.454 e. The molecule has 4 nitrogen and oxygen atoms in total. The smallest absolute Gasteiger partial charge is 0.175 e. The molecule has 2 aromatic carbocycles. The van der Waals surface area contributed by atoms with Crippen LogP contribution in [0.5, 0.6) is 11.5 Å². The molecule has 0 aliphatic rings. The Labute approximate surface area is 140 Å². The third-order valence-corrected chi connectivity index (χ3v) is 4.86. The molecule has 0 spiro atoms.